The highest BCUT2D eigenvalue weighted by Crippen LogP contribution is 2.35. The second kappa shape index (κ2) is 6.78. The molecule has 3 rings (SSSR count). The van der Waals surface area contributed by atoms with Crippen LogP contribution in [0, 0.1) is 17.1 Å². The first-order chi connectivity index (χ1) is 12.2. The number of rotatable bonds is 4. The average molecular weight is 365 g/mol. The molecule has 0 aliphatic carbocycles. The summed E-state index contributed by atoms with van der Waals surface area (Å²) in [6.45, 7) is 5.02. The van der Waals surface area contributed by atoms with E-state index in [-0.39, 0.29) is 35.4 Å². The number of nitrogens with one attached hydrogen (secondary N) is 1. The summed E-state index contributed by atoms with van der Waals surface area (Å²) in [5.74, 6) is -1.38. The number of nitriles is 1. The smallest absolute Gasteiger partial charge is 0.241 e. The predicted molar refractivity (Wildman–Crippen MR) is 90.1 cm³/mol. The number of halogens is 2. The normalized spacial score (nSPS) is 22.2. The van der Waals surface area contributed by atoms with Crippen LogP contribution in [0.4, 0.5) is 14.7 Å². The highest BCUT2D eigenvalue weighted by molar-refractivity contribution is 5.58. The van der Waals surface area contributed by atoms with Crippen molar-refractivity contribution in [1.29, 1.82) is 5.26 Å². The molecule has 0 amide bonds. The van der Waals surface area contributed by atoms with Crippen LogP contribution in [0.15, 0.2) is 6.20 Å². The Bertz CT molecular complexity index is 855. The largest absolute Gasteiger partial charge is 0.389 e. The zero-order chi connectivity index (χ0) is 19.1. The van der Waals surface area contributed by atoms with E-state index in [0.29, 0.717) is 13.0 Å². The Labute approximate surface area is 149 Å². The van der Waals surface area contributed by atoms with E-state index in [2.05, 4.69) is 15.4 Å². The highest BCUT2D eigenvalue weighted by Gasteiger charge is 2.34. The lowest BCUT2D eigenvalue weighted by Gasteiger charge is -2.28. The van der Waals surface area contributed by atoms with Crippen molar-refractivity contribution >= 4 is 11.5 Å². The van der Waals surface area contributed by atoms with E-state index in [1.807, 2.05) is 0 Å². The van der Waals surface area contributed by atoms with Gasteiger partial charge in [-0.3, -0.25) is 0 Å². The number of alkyl halides is 1. The van der Waals surface area contributed by atoms with E-state index in [9.17, 15) is 19.1 Å². The summed E-state index contributed by atoms with van der Waals surface area (Å²) < 4.78 is 35.5. The molecule has 1 fully saturated rings. The number of aromatic nitrogens is 3. The van der Waals surface area contributed by atoms with Gasteiger partial charge in [0.2, 0.25) is 5.95 Å². The number of anilines is 1. The maximum Gasteiger partial charge on any atom is 0.241 e. The van der Waals surface area contributed by atoms with Crippen LogP contribution < -0.4 is 5.32 Å². The van der Waals surface area contributed by atoms with Crippen LogP contribution in [0.5, 0.6) is 0 Å². The number of hydrogen-bond donors (Lipinski definition) is 2. The SMILES string of the molecule is C[C@@H](c1c(C#N)c(F)c2cnc(N[C@@H]3CCOC[C@H]3O)nn12)C(C)(C)F. The van der Waals surface area contributed by atoms with E-state index < -0.39 is 23.5 Å². The first-order valence-corrected chi connectivity index (χ1v) is 8.42. The molecule has 1 aliphatic heterocycles. The molecule has 2 aromatic rings. The summed E-state index contributed by atoms with van der Waals surface area (Å²) in [5.41, 5.74) is -1.75. The third-order valence-corrected chi connectivity index (χ3v) is 4.85. The van der Waals surface area contributed by atoms with Crippen LogP contribution in [0.3, 0.4) is 0 Å². The molecule has 7 nitrogen and oxygen atoms in total. The van der Waals surface area contributed by atoms with Crippen molar-refractivity contribution in [3.05, 3.63) is 23.3 Å². The number of fused-ring (bicyclic) bond motifs is 1. The summed E-state index contributed by atoms with van der Waals surface area (Å²) in [6.07, 6.45) is 1.09. The lowest BCUT2D eigenvalue weighted by Crippen LogP contribution is -2.42. The summed E-state index contributed by atoms with van der Waals surface area (Å²) in [5, 5.41) is 26.6. The summed E-state index contributed by atoms with van der Waals surface area (Å²) in [4.78, 5) is 4.07. The molecule has 0 unspecified atom stereocenters. The molecular weight excluding hydrogens is 344 g/mol. The Kier molecular flexibility index (Phi) is 4.82. The van der Waals surface area contributed by atoms with E-state index >= 15 is 0 Å². The maximum atomic E-state index is 14.6. The van der Waals surface area contributed by atoms with Crippen molar-refractivity contribution in [3.8, 4) is 6.07 Å². The Morgan fingerprint density at radius 1 is 1.54 bits per heavy atom. The lowest BCUT2D eigenvalue weighted by molar-refractivity contribution is -0.0136. The molecule has 2 N–H and O–H groups in total. The molecule has 2 aromatic heterocycles. The molecule has 0 saturated carbocycles. The average Bonchev–Trinajstić information content (AvgIpc) is 2.87. The van der Waals surface area contributed by atoms with E-state index in [0.717, 1.165) is 0 Å². The minimum Gasteiger partial charge on any atom is -0.389 e. The van der Waals surface area contributed by atoms with Gasteiger partial charge in [0.05, 0.1) is 30.6 Å². The molecule has 26 heavy (non-hydrogen) atoms. The quantitative estimate of drug-likeness (QED) is 0.862. The molecule has 3 atom stereocenters. The monoisotopic (exact) mass is 365 g/mol. The Morgan fingerprint density at radius 3 is 2.88 bits per heavy atom. The summed E-state index contributed by atoms with van der Waals surface area (Å²) >= 11 is 0. The fourth-order valence-electron chi connectivity index (χ4n) is 2.99. The van der Waals surface area contributed by atoms with Crippen LogP contribution in [0.25, 0.3) is 5.52 Å². The first kappa shape index (κ1) is 18.5. The van der Waals surface area contributed by atoms with Crippen LogP contribution in [0.2, 0.25) is 0 Å². The fraction of sp³-hybridized carbons (Fsp3) is 0.588. The van der Waals surface area contributed by atoms with Gasteiger partial charge in [0.25, 0.3) is 0 Å². The van der Waals surface area contributed by atoms with Gasteiger partial charge in [-0.25, -0.2) is 18.3 Å². The van der Waals surface area contributed by atoms with E-state index in [4.69, 9.17) is 4.74 Å². The van der Waals surface area contributed by atoms with E-state index in [1.165, 1.54) is 24.6 Å². The third kappa shape index (κ3) is 3.22. The van der Waals surface area contributed by atoms with Gasteiger partial charge in [0, 0.05) is 12.5 Å². The number of aliphatic hydroxyl groups excluding tert-OH is 1. The first-order valence-electron chi connectivity index (χ1n) is 8.42. The molecule has 9 heteroatoms. The fourth-order valence-corrected chi connectivity index (χ4v) is 2.99. The topological polar surface area (TPSA) is 95.5 Å². The van der Waals surface area contributed by atoms with Crippen LogP contribution in [0.1, 0.15) is 44.4 Å². The molecule has 0 radical (unpaired) electrons. The minimum absolute atomic E-state index is 0.00530. The van der Waals surface area contributed by atoms with Crippen LogP contribution in [-0.4, -0.2) is 50.7 Å². The van der Waals surface area contributed by atoms with Crippen molar-refractivity contribution in [2.24, 2.45) is 0 Å². The number of aliphatic hydroxyl groups is 1. The maximum absolute atomic E-state index is 14.6. The number of hydrogen-bond acceptors (Lipinski definition) is 6. The minimum atomic E-state index is -1.68. The van der Waals surface area contributed by atoms with Crippen molar-refractivity contribution in [1.82, 2.24) is 14.6 Å². The lowest BCUT2D eigenvalue weighted by atomic mass is 9.90. The van der Waals surface area contributed by atoms with Gasteiger partial charge < -0.3 is 15.2 Å². The molecule has 3 heterocycles. The molecular formula is C17H21F2N5O2. The standard InChI is InChI=1S/C17H21F2N5O2/c1-9(17(2,3)19)15-10(6-20)14(18)12-7-21-16(23-24(12)15)22-11-4-5-26-8-13(11)25/h7,9,11,13,25H,4-5,8H2,1-3H3,(H,22,23)/t9-,11+,13+/m0/s1. The zero-order valence-corrected chi connectivity index (χ0v) is 14.8. The van der Waals surface area contributed by atoms with Crippen molar-refractivity contribution in [2.45, 2.75) is 50.9 Å². The molecule has 1 saturated heterocycles. The second-order valence-corrected chi connectivity index (χ2v) is 7.03. The Balaban J connectivity index is 2.06. The van der Waals surface area contributed by atoms with Gasteiger partial charge in [0.1, 0.15) is 22.8 Å². The number of nitrogens with zero attached hydrogens (tertiary/aromatic N) is 4. The molecule has 140 valence electrons. The van der Waals surface area contributed by atoms with Gasteiger partial charge in [-0.05, 0) is 20.3 Å². The van der Waals surface area contributed by atoms with Crippen molar-refractivity contribution in [3.63, 3.8) is 0 Å². The van der Waals surface area contributed by atoms with Gasteiger partial charge in [-0.2, -0.15) is 5.26 Å². The Hall–Kier alpha value is -2.31. The van der Waals surface area contributed by atoms with Crippen LogP contribution in [-0.2, 0) is 4.74 Å². The van der Waals surface area contributed by atoms with Gasteiger partial charge in [-0.1, -0.05) is 6.92 Å². The summed E-state index contributed by atoms with van der Waals surface area (Å²) in [7, 11) is 0. The predicted octanol–water partition coefficient (Wildman–Crippen LogP) is 2.15. The Morgan fingerprint density at radius 2 is 2.27 bits per heavy atom. The zero-order valence-electron chi connectivity index (χ0n) is 14.8. The van der Waals surface area contributed by atoms with Gasteiger partial charge >= 0.3 is 0 Å². The van der Waals surface area contributed by atoms with Gasteiger partial charge in [-0.15, -0.1) is 5.10 Å². The molecule has 1 aliphatic rings. The van der Waals surface area contributed by atoms with E-state index in [1.54, 1.807) is 13.0 Å². The van der Waals surface area contributed by atoms with Crippen molar-refractivity contribution in [2.75, 3.05) is 18.5 Å². The third-order valence-electron chi connectivity index (χ3n) is 4.85. The number of ether oxygens (including phenoxy) is 1. The van der Waals surface area contributed by atoms with Crippen molar-refractivity contribution < 1.29 is 18.6 Å². The second-order valence-electron chi connectivity index (χ2n) is 7.03. The van der Waals surface area contributed by atoms with Crippen LogP contribution >= 0.6 is 0 Å². The molecule has 0 aromatic carbocycles. The summed E-state index contributed by atoms with van der Waals surface area (Å²) in [6, 6.07) is 1.50. The van der Waals surface area contributed by atoms with Gasteiger partial charge in [0.15, 0.2) is 5.82 Å². The highest BCUT2D eigenvalue weighted by atomic mass is 19.1. The molecule has 0 spiro atoms. The molecule has 0 bridgehead atoms.